The van der Waals surface area contributed by atoms with Crippen LogP contribution in [0.5, 0.6) is 0 Å². The number of benzene rings is 2. The number of nitro benzene ring substituents is 1. The van der Waals surface area contributed by atoms with Crippen LogP contribution in [0.2, 0.25) is 0 Å². The lowest BCUT2D eigenvalue weighted by Crippen LogP contribution is -2.11. The van der Waals surface area contributed by atoms with E-state index in [-0.39, 0.29) is 22.5 Å². The van der Waals surface area contributed by atoms with Crippen molar-refractivity contribution < 1.29 is 28.0 Å². The number of para-hydroxylation sites is 1. The second-order valence-corrected chi connectivity index (χ2v) is 4.90. The molecule has 24 heavy (non-hydrogen) atoms. The zero-order valence-electron chi connectivity index (χ0n) is 12.2. The Bertz CT molecular complexity index is 819. The summed E-state index contributed by atoms with van der Waals surface area (Å²) in [5, 5.41) is 22.5. The Labute approximate surface area is 133 Å². The van der Waals surface area contributed by atoms with Gasteiger partial charge in [-0.1, -0.05) is 12.1 Å². The maximum absolute atomic E-state index is 13.1. The first-order valence-corrected chi connectivity index (χ1v) is 6.57. The fourth-order valence-electron chi connectivity index (χ4n) is 2.15. The summed E-state index contributed by atoms with van der Waals surface area (Å²) in [6.45, 7) is 1.15. The van der Waals surface area contributed by atoms with Gasteiger partial charge in [-0.05, 0) is 24.6 Å². The van der Waals surface area contributed by atoms with E-state index in [2.05, 4.69) is 5.32 Å². The number of anilines is 2. The van der Waals surface area contributed by atoms with Crippen molar-refractivity contribution in [3.8, 4) is 0 Å². The van der Waals surface area contributed by atoms with Crippen LogP contribution >= 0.6 is 0 Å². The first kappa shape index (κ1) is 17.3. The molecule has 2 aromatic carbocycles. The number of alkyl halides is 3. The molecule has 0 aliphatic rings. The summed E-state index contributed by atoms with van der Waals surface area (Å²) in [5.41, 5.74) is -2.51. The Hall–Kier alpha value is -3.10. The average Bonchev–Trinajstić information content (AvgIpc) is 2.48. The number of non-ortho nitro benzene ring substituents is 1. The van der Waals surface area contributed by atoms with Crippen molar-refractivity contribution in [3.05, 3.63) is 63.2 Å². The minimum absolute atomic E-state index is 0.0294. The maximum Gasteiger partial charge on any atom is 0.416 e. The van der Waals surface area contributed by atoms with Gasteiger partial charge in [0, 0.05) is 17.8 Å². The molecule has 0 heterocycles. The molecule has 0 radical (unpaired) electrons. The molecule has 0 fully saturated rings. The zero-order valence-corrected chi connectivity index (χ0v) is 12.2. The summed E-state index contributed by atoms with van der Waals surface area (Å²) in [6.07, 6.45) is -4.78. The van der Waals surface area contributed by atoms with E-state index in [9.17, 15) is 28.1 Å². The molecule has 126 valence electrons. The van der Waals surface area contributed by atoms with Gasteiger partial charge in [0.1, 0.15) is 0 Å². The number of hydrogen-bond acceptors (Lipinski definition) is 4. The van der Waals surface area contributed by atoms with Crippen LogP contribution in [0.15, 0.2) is 36.4 Å². The number of aromatic carboxylic acids is 1. The highest BCUT2D eigenvalue weighted by Gasteiger charge is 2.35. The molecule has 0 spiro atoms. The van der Waals surface area contributed by atoms with Crippen LogP contribution in [0.4, 0.5) is 30.2 Å². The Kier molecular flexibility index (Phi) is 4.45. The summed E-state index contributed by atoms with van der Waals surface area (Å²) in [7, 11) is 0. The van der Waals surface area contributed by atoms with Gasteiger partial charge >= 0.3 is 12.1 Å². The maximum atomic E-state index is 13.1. The average molecular weight is 340 g/mol. The molecule has 0 aliphatic carbocycles. The molecule has 0 saturated heterocycles. The highest BCUT2D eigenvalue weighted by Crippen LogP contribution is 2.38. The molecule has 0 amide bonds. The zero-order chi connectivity index (χ0) is 18.1. The molecule has 6 nitrogen and oxygen atoms in total. The largest absolute Gasteiger partial charge is 0.478 e. The molecule has 0 aromatic heterocycles. The lowest BCUT2D eigenvalue weighted by Gasteiger charge is -2.16. The van der Waals surface area contributed by atoms with Crippen molar-refractivity contribution in [1.82, 2.24) is 0 Å². The lowest BCUT2D eigenvalue weighted by atomic mass is 10.0. The molecule has 9 heteroatoms. The van der Waals surface area contributed by atoms with Crippen LogP contribution in [0.3, 0.4) is 0 Å². The van der Waals surface area contributed by atoms with Crippen LogP contribution < -0.4 is 5.32 Å². The summed E-state index contributed by atoms with van der Waals surface area (Å²) >= 11 is 0. The number of halogens is 3. The molecule has 2 rings (SSSR count). The van der Waals surface area contributed by atoms with Gasteiger partial charge in [0.25, 0.3) is 5.69 Å². The second kappa shape index (κ2) is 6.19. The molecular weight excluding hydrogens is 329 g/mol. The fraction of sp³-hybridized carbons (Fsp3) is 0.133. The van der Waals surface area contributed by atoms with Crippen molar-refractivity contribution in [2.24, 2.45) is 0 Å². The van der Waals surface area contributed by atoms with E-state index < -0.39 is 28.3 Å². The van der Waals surface area contributed by atoms with Gasteiger partial charge in [-0.3, -0.25) is 10.1 Å². The number of rotatable bonds is 4. The predicted octanol–water partition coefficient (Wildman–Crippen LogP) is 4.36. The molecule has 0 aliphatic heterocycles. The third-order valence-electron chi connectivity index (χ3n) is 3.34. The normalized spacial score (nSPS) is 11.2. The van der Waals surface area contributed by atoms with E-state index >= 15 is 0 Å². The van der Waals surface area contributed by atoms with Gasteiger partial charge in [-0.15, -0.1) is 0 Å². The Morgan fingerprint density at radius 1 is 1.21 bits per heavy atom. The fourth-order valence-corrected chi connectivity index (χ4v) is 2.15. The van der Waals surface area contributed by atoms with Crippen LogP contribution in [0.1, 0.15) is 21.5 Å². The van der Waals surface area contributed by atoms with Crippen LogP contribution in [0.25, 0.3) is 0 Å². The third-order valence-corrected chi connectivity index (χ3v) is 3.34. The van der Waals surface area contributed by atoms with Gasteiger partial charge in [-0.25, -0.2) is 4.79 Å². The van der Waals surface area contributed by atoms with Crippen molar-refractivity contribution in [2.45, 2.75) is 13.1 Å². The quantitative estimate of drug-likeness (QED) is 0.637. The summed E-state index contributed by atoms with van der Waals surface area (Å²) in [6, 6.07) is 6.95. The first-order valence-electron chi connectivity index (χ1n) is 6.57. The Morgan fingerprint density at radius 3 is 2.38 bits per heavy atom. The summed E-state index contributed by atoms with van der Waals surface area (Å²) in [4.78, 5) is 21.1. The molecule has 0 unspecified atom stereocenters. The Morgan fingerprint density at radius 2 is 1.83 bits per heavy atom. The van der Waals surface area contributed by atoms with Crippen LogP contribution in [-0.2, 0) is 6.18 Å². The van der Waals surface area contributed by atoms with E-state index in [1.807, 2.05) is 0 Å². The number of carbonyl (C=O) groups is 1. The molecular formula is C15H11F3N2O4. The van der Waals surface area contributed by atoms with Crippen molar-refractivity contribution in [2.75, 3.05) is 5.32 Å². The molecule has 0 atom stereocenters. The highest BCUT2D eigenvalue weighted by atomic mass is 19.4. The van der Waals surface area contributed by atoms with Gasteiger partial charge in [0.15, 0.2) is 0 Å². The smallest absolute Gasteiger partial charge is 0.416 e. The van der Waals surface area contributed by atoms with Crippen molar-refractivity contribution in [1.29, 1.82) is 0 Å². The number of hydrogen-bond donors (Lipinski definition) is 2. The number of nitrogens with zero attached hydrogens (tertiary/aromatic N) is 1. The van der Waals surface area contributed by atoms with Crippen molar-refractivity contribution >= 4 is 23.0 Å². The van der Waals surface area contributed by atoms with E-state index in [1.54, 1.807) is 0 Å². The molecule has 2 N–H and O–H groups in total. The molecule has 2 aromatic rings. The Balaban J connectivity index is 2.61. The minimum atomic E-state index is -4.78. The van der Waals surface area contributed by atoms with E-state index in [1.165, 1.54) is 24.3 Å². The molecule has 0 bridgehead atoms. The SMILES string of the molecule is Cc1c(Nc2ccccc2C(=O)O)cc([N+](=O)[O-])cc1C(F)(F)F. The topological polar surface area (TPSA) is 92.5 Å². The second-order valence-electron chi connectivity index (χ2n) is 4.90. The van der Waals surface area contributed by atoms with Gasteiger partial charge in [0.05, 0.1) is 21.7 Å². The highest BCUT2D eigenvalue weighted by molar-refractivity contribution is 5.95. The van der Waals surface area contributed by atoms with Crippen LogP contribution in [0, 0.1) is 17.0 Å². The predicted molar refractivity (Wildman–Crippen MR) is 79.5 cm³/mol. The number of carboxylic acid groups (broad SMARTS) is 1. The summed E-state index contributed by atoms with van der Waals surface area (Å²) < 4.78 is 39.2. The van der Waals surface area contributed by atoms with E-state index in [0.29, 0.717) is 6.07 Å². The van der Waals surface area contributed by atoms with E-state index in [0.717, 1.165) is 13.0 Å². The third kappa shape index (κ3) is 3.45. The standard InChI is InChI=1S/C15H11F3N2O4/c1-8-11(15(16,17)18)6-9(20(23)24)7-13(8)19-12-5-3-2-4-10(12)14(21)22/h2-7,19H,1H3,(H,21,22). The summed E-state index contributed by atoms with van der Waals surface area (Å²) in [5.74, 6) is -1.28. The van der Waals surface area contributed by atoms with Gasteiger partial charge in [0.2, 0.25) is 0 Å². The van der Waals surface area contributed by atoms with Gasteiger partial charge < -0.3 is 10.4 Å². The van der Waals surface area contributed by atoms with Gasteiger partial charge in [-0.2, -0.15) is 13.2 Å². The lowest BCUT2D eigenvalue weighted by molar-refractivity contribution is -0.385. The minimum Gasteiger partial charge on any atom is -0.478 e. The molecule has 0 saturated carbocycles. The van der Waals surface area contributed by atoms with E-state index in [4.69, 9.17) is 5.11 Å². The number of nitrogens with one attached hydrogen (secondary N) is 1. The number of nitro groups is 1. The van der Waals surface area contributed by atoms with Crippen LogP contribution in [-0.4, -0.2) is 16.0 Å². The van der Waals surface area contributed by atoms with Crippen molar-refractivity contribution in [3.63, 3.8) is 0 Å². The first-order chi connectivity index (χ1) is 11.1. The number of carboxylic acids is 1. The monoisotopic (exact) mass is 340 g/mol.